The Balaban J connectivity index is 1.29. The van der Waals surface area contributed by atoms with Crippen molar-refractivity contribution in [2.45, 2.75) is 26.3 Å². The molecule has 7 heteroatoms. The number of pyridine rings is 1. The molecule has 0 bridgehead atoms. The molecule has 1 fully saturated rings. The fourth-order valence-electron chi connectivity index (χ4n) is 3.33. The normalized spacial score (nSPS) is 14.9. The molecule has 0 spiro atoms. The standard InChI is InChI=1S/C22H27N5O2/c1-2-3-16-28-19-9-7-18(8-10-19)22-25-24-21(29-22)17-26-12-14-27(15-13-26)20-6-4-5-11-23-20/h4-11H,2-3,12-17H2,1H3. The number of hydrogen-bond acceptors (Lipinski definition) is 7. The fourth-order valence-corrected chi connectivity index (χ4v) is 3.33. The third kappa shape index (κ3) is 5.12. The number of rotatable bonds is 8. The largest absolute Gasteiger partial charge is 0.494 e. The molecule has 0 amide bonds. The highest BCUT2D eigenvalue weighted by atomic mass is 16.5. The van der Waals surface area contributed by atoms with Crippen LogP contribution in [0.4, 0.5) is 5.82 Å². The second kappa shape index (κ2) is 9.52. The first-order valence-corrected chi connectivity index (χ1v) is 10.3. The van der Waals surface area contributed by atoms with Crippen molar-refractivity contribution in [1.82, 2.24) is 20.1 Å². The highest BCUT2D eigenvalue weighted by Gasteiger charge is 2.20. The predicted octanol–water partition coefficient (Wildman–Crippen LogP) is 3.63. The van der Waals surface area contributed by atoms with Crippen molar-refractivity contribution in [3.63, 3.8) is 0 Å². The summed E-state index contributed by atoms with van der Waals surface area (Å²) in [4.78, 5) is 9.07. The van der Waals surface area contributed by atoms with Crippen LogP contribution in [-0.2, 0) is 6.54 Å². The number of anilines is 1. The van der Waals surface area contributed by atoms with Gasteiger partial charge in [-0.05, 0) is 42.8 Å². The Hall–Kier alpha value is -2.93. The zero-order valence-corrected chi connectivity index (χ0v) is 16.8. The average molecular weight is 393 g/mol. The molecule has 1 saturated heterocycles. The van der Waals surface area contributed by atoms with E-state index in [1.807, 2.05) is 42.6 Å². The molecule has 3 heterocycles. The van der Waals surface area contributed by atoms with E-state index in [2.05, 4.69) is 38.0 Å². The maximum absolute atomic E-state index is 5.89. The van der Waals surface area contributed by atoms with Crippen LogP contribution in [0.5, 0.6) is 5.75 Å². The van der Waals surface area contributed by atoms with Crippen LogP contribution in [0.15, 0.2) is 53.1 Å². The van der Waals surface area contributed by atoms with Crippen molar-refractivity contribution in [2.24, 2.45) is 0 Å². The van der Waals surface area contributed by atoms with Crippen LogP contribution in [-0.4, -0.2) is 52.9 Å². The molecule has 0 unspecified atom stereocenters. The van der Waals surface area contributed by atoms with E-state index >= 15 is 0 Å². The Kier molecular flexibility index (Phi) is 6.36. The van der Waals surface area contributed by atoms with Crippen molar-refractivity contribution in [3.05, 3.63) is 54.6 Å². The van der Waals surface area contributed by atoms with Gasteiger partial charge in [-0.15, -0.1) is 10.2 Å². The fraction of sp³-hybridized carbons (Fsp3) is 0.409. The van der Waals surface area contributed by atoms with Gasteiger partial charge in [-0.2, -0.15) is 0 Å². The first kappa shape index (κ1) is 19.4. The van der Waals surface area contributed by atoms with Crippen molar-refractivity contribution in [2.75, 3.05) is 37.7 Å². The quantitative estimate of drug-likeness (QED) is 0.541. The lowest BCUT2D eigenvalue weighted by Crippen LogP contribution is -2.46. The highest BCUT2D eigenvalue weighted by Crippen LogP contribution is 2.22. The Morgan fingerprint density at radius 2 is 1.83 bits per heavy atom. The summed E-state index contributed by atoms with van der Waals surface area (Å²) in [5, 5.41) is 8.45. The third-order valence-electron chi connectivity index (χ3n) is 5.04. The van der Waals surface area contributed by atoms with E-state index < -0.39 is 0 Å². The van der Waals surface area contributed by atoms with Crippen molar-refractivity contribution < 1.29 is 9.15 Å². The van der Waals surface area contributed by atoms with Crippen LogP contribution in [0.1, 0.15) is 25.7 Å². The lowest BCUT2D eigenvalue weighted by Gasteiger charge is -2.34. The predicted molar refractivity (Wildman–Crippen MR) is 112 cm³/mol. The van der Waals surface area contributed by atoms with E-state index in [0.29, 0.717) is 18.3 Å². The Labute approximate surface area is 171 Å². The second-order valence-electron chi connectivity index (χ2n) is 7.18. The van der Waals surface area contributed by atoms with Crippen LogP contribution < -0.4 is 9.64 Å². The minimum absolute atomic E-state index is 0.548. The van der Waals surface area contributed by atoms with E-state index in [4.69, 9.17) is 9.15 Å². The number of unbranched alkanes of at least 4 members (excludes halogenated alkanes) is 1. The van der Waals surface area contributed by atoms with Gasteiger partial charge in [-0.1, -0.05) is 19.4 Å². The maximum Gasteiger partial charge on any atom is 0.247 e. The van der Waals surface area contributed by atoms with Gasteiger partial charge in [0.25, 0.3) is 0 Å². The van der Waals surface area contributed by atoms with Gasteiger partial charge < -0.3 is 14.1 Å². The third-order valence-corrected chi connectivity index (χ3v) is 5.04. The number of hydrogen-bond donors (Lipinski definition) is 0. The van der Waals surface area contributed by atoms with Gasteiger partial charge in [-0.25, -0.2) is 4.98 Å². The zero-order valence-electron chi connectivity index (χ0n) is 16.8. The molecule has 0 N–H and O–H groups in total. The molecule has 1 aliphatic rings. The van der Waals surface area contributed by atoms with Crippen LogP contribution in [0.3, 0.4) is 0 Å². The summed E-state index contributed by atoms with van der Waals surface area (Å²) >= 11 is 0. The molecule has 4 rings (SSSR count). The SMILES string of the molecule is CCCCOc1ccc(-c2nnc(CN3CCN(c4ccccn4)CC3)o2)cc1. The average Bonchev–Trinajstić information content (AvgIpc) is 3.24. The number of piperazine rings is 1. The Morgan fingerprint density at radius 3 is 2.55 bits per heavy atom. The Morgan fingerprint density at radius 1 is 1.00 bits per heavy atom. The number of ether oxygens (including phenoxy) is 1. The van der Waals surface area contributed by atoms with Crippen LogP contribution >= 0.6 is 0 Å². The van der Waals surface area contributed by atoms with E-state index in [9.17, 15) is 0 Å². The summed E-state index contributed by atoms with van der Waals surface area (Å²) in [6.45, 7) is 7.33. The molecule has 0 radical (unpaired) electrons. The van der Waals surface area contributed by atoms with Crippen molar-refractivity contribution >= 4 is 5.82 Å². The van der Waals surface area contributed by atoms with Crippen LogP contribution in [0.25, 0.3) is 11.5 Å². The van der Waals surface area contributed by atoms with E-state index in [0.717, 1.165) is 62.8 Å². The zero-order chi connectivity index (χ0) is 19.9. The van der Waals surface area contributed by atoms with Crippen molar-refractivity contribution in [3.8, 4) is 17.2 Å². The van der Waals surface area contributed by atoms with Gasteiger partial charge in [0.05, 0.1) is 13.2 Å². The number of benzene rings is 1. The molecule has 7 nitrogen and oxygen atoms in total. The van der Waals surface area contributed by atoms with E-state index in [1.54, 1.807) is 0 Å². The summed E-state index contributed by atoms with van der Waals surface area (Å²) in [7, 11) is 0. The number of nitrogens with zero attached hydrogens (tertiary/aromatic N) is 5. The molecular weight excluding hydrogens is 366 g/mol. The molecule has 3 aromatic rings. The van der Waals surface area contributed by atoms with Gasteiger partial charge in [0.1, 0.15) is 11.6 Å². The summed E-state index contributed by atoms with van der Waals surface area (Å²) < 4.78 is 11.6. The molecule has 29 heavy (non-hydrogen) atoms. The monoisotopic (exact) mass is 393 g/mol. The molecule has 1 aromatic carbocycles. The van der Waals surface area contributed by atoms with Gasteiger partial charge >= 0.3 is 0 Å². The molecule has 0 saturated carbocycles. The number of aromatic nitrogens is 3. The Bertz CT molecular complexity index is 874. The second-order valence-corrected chi connectivity index (χ2v) is 7.18. The first-order chi connectivity index (χ1) is 14.3. The van der Waals surface area contributed by atoms with E-state index in [-0.39, 0.29) is 0 Å². The summed E-state index contributed by atoms with van der Waals surface area (Å²) in [5.41, 5.74) is 0.909. The lowest BCUT2D eigenvalue weighted by atomic mass is 10.2. The molecule has 1 aliphatic heterocycles. The maximum atomic E-state index is 5.89. The molecular formula is C22H27N5O2. The lowest BCUT2D eigenvalue weighted by molar-refractivity contribution is 0.226. The van der Waals surface area contributed by atoms with Crippen molar-refractivity contribution in [1.29, 1.82) is 0 Å². The summed E-state index contributed by atoms with van der Waals surface area (Å²) in [6.07, 6.45) is 4.03. The smallest absolute Gasteiger partial charge is 0.247 e. The minimum Gasteiger partial charge on any atom is -0.494 e. The van der Waals surface area contributed by atoms with Gasteiger partial charge in [0.2, 0.25) is 11.8 Å². The summed E-state index contributed by atoms with van der Waals surface area (Å²) in [6, 6.07) is 13.9. The minimum atomic E-state index is 0.548. The van der Waals surface area contributed by atoms with E-state index in [1.165, 1.54) is 0 Å². The molecule has 0 aliphatic carbocycles. The summed E-state index contributed by atoms with van der Waals surface area (Å²) in [5.74, 6) is 3.10. The molecule has 2 aromatic heterocycles. The van der Waals surface area contributed by atoms with Crippen LogP contribution in [0.2, 0.25) is 0 Å². The highest BCUT2D eigenvalue weighted by molar-refractivity contribution is 5.53. The van der Waals surface area contributed by atoms with Gasteiger partial charge in [0, 0.05) is 37.9 Å². The van der Waals surface area contributed by atoms with Gasteiger partial charge in [-0.3, -0.25) is 4.90 Å². The molecule has 0 atom stereocenters. The molecule has 152 valence electrons. The van der Waals surface area contributed by atoms with Gasteiger partial charge in [0.15, 0.2) is 0 Å². The van der Waals surface area contributed by atoms with Crippen LogP contribution in [0, 0.1) is 0 Å². The first-order valence-electron chi connectivity index (χ1n) is 10.3. The topological polar surface area (TPSA) is 67.5 Å².